The molecule has 0 saturated carbocycles. The highest BCUT2D eigenvalue weighted by atomic mass is 32.2. The first-order chi connectivity index (χ1) is 15.1. The molecule has 0 radical (unpaired) electrons. The van der Waals surface area contributed by atoms with Crippen molar-refractivity contribution in [2.24, 2.45) is 0 Å². The quantitative estimate of drug-likeness (QED) is 0.581. The summed E-state index contributed by atoms with van der Waals surface area (Å²) in [6, 6.07) is 10.9. The van der Waals surface area contributed by atoms with Crippen molar-refractivity contribution in [2.45, 2.75) is 88.2 Å². The number of hydroxylamine groups is 2. The topological polar surface area (TPSA) is 75.7 Å². The fraction of sp³-hybridized carbons (Fsp3) is 0.600. The average molecular weight is 461 g/mol. The van der Waals surface area contributed by atoms with Gasteiger partial charge in [-0.1, -0.05) is 52.0 Å². The van der Waals surface area contributed by atoms with Gasteiger partial charge in [-0.2, -0.15) is 0 Å². The van der Waals surface area contributed by atoms with E-state index in [1.807, 2.05) is 71.0 Å². The maximum atomic E-state index is 13.6. The second-order valence-corrected chi connectivity index (χ2v) is 11.1. The maximum Gasteiger partial charge on any atom is 0.241 e. The largest absolute Gasteiger partial charge is 0.784 e. The minimum Gasteiger partial charge on any atom is -0.784 e. The van der Waals surface area contributed by atoms with E-state index < -0.39 is 21.1 Å². The van der Waals surface area contributed by atoms with E-state index in [9.17, 15) is 13.6 Å². The summed E-state index contributed by atoms with van der Waals surface area (Å²) >= 11 is 0. The summed E-state index contributed by atoms with van der Waals surface area (Å²) in [5.41, 5.74) is -0.117. The predicted molar refractivity (Wildman–Crippen MR) is 133 cm³/mol. The van der Waals surface area contributed by atoms with E-state index in [4.69, 9.17) is 0 Å². The molecule has 1 heterocycles. The van der Waals surface area contributed by atoms with E-state index in [1.54, 1.807) is 12.1 Å². The van der Waals surface area contributed by atoms with Crippen molar-refractivity contribution in [1.82, 2.24) is 9.79 Å². The van der Waals surface area contributed by atoms with E-state index in [1.165, 1.54) is 5.06 Å². The van der Waals surface area contributed by atoms with Crippen molar-refractivity contribution < 1.29 is 8.42 Å². The molecule has 1 aliphatic heterocycles. The number of fused-ring (bicyclic) bond motifs is 1. The molecule has 32 heavy (non-hydrogen) atoms. The van der Waals surface area contributed by atoms with E-state index in [0.29, 0.717) is 48.8 Å². The molecule has 0 unspecified atom stereocenters. The summed E-state index contributed by atoms with van der Waals surface area (Å²) in [5.74, 6) is 0. The normalized spacial score (nSPS) is 19.3. The first kappa shape index (κ1) is 25.0. The van der Waals surface area contributed by atoms with Crippen LogP contribution in [0.1, 0.15) is 66.2 Å². The van der Waals surface area contributed by atoms with Gasteiger partial charge in [0.1, 0.15) is 0 Å². The lowest BCUT2D eigenvalue weighted by Crippen LogP contribution is -2.65. The molecule has 6 nitrogen and oxygen atoms in total. The number of benzene rings is 2. The van der Waals surface area contributed by atoms with E-state index in [0.717, 1.165) is 11.1 Å². The lowest BCUT2D eigenvalue weighted by atomic mass is 9.71. The van der Waals surface area contributed by atoms with Crippen molar-refractivity contribution in [1.29, 1.82) is 0 Å². The van der Waals surface area contributed by atoms with Gasteiger partial charge < -0.3 is 15.2 Å². The molecule has 2 aromatic rings. The summed E-state index contributed by atoms with van der Waals surface area (Å²) < 4.78 is 30.3. The van der Waals surface area contributed by atoms with Crippen LogP contribution in [0.4, 0.5) is 5.69 Å². The fourth-order valence-corrected chi connectivity index (χ4v) is 7.02. The zero-order valence-corrected chi connectivity index (χ0v) is 21.1. The smallest absolute Gasteiger partial charge is 0.241 e. The van der Waals surface area contributed by atoms with Crippen LogP contribution >= 0.6 is 0 Å². The van der Waals surface area contributed by atoms with E-state index >= 15 is 0 Å². The van der Waals surface area contributed by atoms with Crippen molar-refractivity contribution in [3.8, 4) is 0 Å². The van der Waals surface area contributed by atoms with Crippen LogP contribution in [-0.4, -0.2) is 44.7 Å². The molecule has 0 amide bonds. The molecule has 0 spiro atoms. The van der Waals surface area contributed by atoms with Crippen molar-refractivity contribution in [3.63, 3.8) is 0 Å². The van der Waals surface area contributed by atoms with Gasteiger partial charge in [-0.3, -0.25) is 0 Å². The number of piperidine rings is 1. The van der Waals surface area contributed by atoms with Gasteiger partial charge in [0.2, 0.25) is 10.0 Å². The lowest BCUT2D eigenvalue weighted by molar-refractivity contribution is -0.0456. The minimum atomic E-state index is -3.77. The highest BCUT2D eigenvalue weighted by Gasteiger charge is 2.47. The Bertz CT molecular complexity index is 1020. The number of sulfonamides is 1. The molecule has 1 N–H and O–H groups in total. The Morgan fingerprint density at radius 2 is 1.44 bits per heavy atom. The highest BCUT2D eigenvalue weighted by Crippen LogP contribution is 2.45. The molecule has 0 aliphatic carbocycles. The van der Waals surface area contributed by atoms with Crippen LogP contribution in [0.15, 0.2) is 41.3 Å². The number of hydrogen-bond acceptors (Lipinski definition) is 5. The molecule has 7 heteroatoms. The summed E-state index contributed by atoms with van der Waals surface area (Å²) in [5, 5.41) is 16.4. The van der Waals surface area contributed by atoms with Gasteiger partial charge in [0, 0.05) is 47.7 Å². The monoisotopic (exact) mass is 460 g/mol. The van der Waals surface area contributed by atoms with Gasteiger partial charge in [-0.15, -0.1) is 0 Å². The molecule has 1 aliphatic rings. The number of nitrogens with one attached hydrogen (secondary N) is 1. The zero-order chi connectivity index (χ0) is 23.7. The molecule has 1 saturated heterocycles. The van der Waals surface area contributed by atoms with Gasteiger partial charge in [-0.05, 0) is 50.7 Å². The third-order valence-electron chi connectivity index (χ3n) is 7.70. The molecule has 178 valence electrons. The Balaban J connectivity index is 2.03. The van der Waals surface area contributed by atoms with Crippen LogP contribution in [0.25, 0.3) is 10.8 Å². The number of anilines is 1. The third kappa shape index (κ3) is 4.16. The lowest BCUT2D eigenvalue weighted by Gasteiger charge is -2.64. The van der Waals surface area contributed by atoms with Crippen LogP contribution in [0.2, 0.25) is 0 Å². The molecule has 0 atom stereocenters. The Labute approximate surface area is 193 Å². The van der Waals surface area contributed by atoms with Crippen LogP contribution < -0.4 is 9.62 Å². The Kier molecular flexibility index (Phi) is 7.25. The maximum absolute atomic E-state index is 13.6. The summed E-state index contributed by atoms with van der Waals surface area (Å²) in [6.45, 7) is 8.15. The van der Waals surface area contributed by atoms with Crippen LogP contribution in [0, 0.1) is 5.21 Å². The third-order valence-corrected chi connectivity index (χ3v) is 9.28. The number of rotatable bonds is 8. The molecule has 0 bridgehead atoms. The Morgan fingerprint density at radius 3 is 1.94 bits per heavy atom. The van der Waals surface area contributed by atoms with Gasteiger partial charge in [0.05, 0.1) is 4.90 Å². The minimum absolute atomic E-state index is 0.280. The van der Waals surface area contributed by atoms with Gasteiger partial charge in [0.15, 0.2) is 0 Å². The molecule has 3 rings (SSSR count). The molecule has 1 fully saturated rings. The summed E-state index contributed by atoms with van der Waals surface area (Å²) in [4.78, 5) is 2.28. The predicted octanol–water partition coefficient (Wildman–Crippen LogP) is 5.26. The molecular weight excluding hydrogens is 422 g/mol. The Hall–Kier alpha value is -1.67. The van der Waals surface area contributed by atoms with Crippen LogP contribution in [0.5, 0.6) is 0 Å². The first-order valence-corrected chi connectivity index (χ1v) is 13.3. The SMILES string of the molecule is CCC1(CC)CC(NS(=O)(=O)c2cccc3c(N(C)C)cccc23)CC(CC)(CC)N1[O-]. The zero-order valence-electron chi connectivity index (χ0n) is 20.3. The second kappa shape index (κ2) is 9.29. The van der Waals surface area contributed by atoms with Crippen molar-refractivity contribution in [3.05, 3.63) is 41.6 Å². The average Bonchev–Trinajstić information content (AvgIpc) is 2.79. The fourth-order valence-electron chi connectivity index (χ4n) is 5.57. The molecular formula is C25H38N3O3S-. The standard InChI is InChI=1S/C25H38N3O3S/c1-7-24(8-2)17-19(18-25(9-3,10-4)28(24)29)26-32(30,31)23-16-12-13-20-21(23)14-11-15-22(20)27(5)6/h11-16,19,26H,7-10,17-18H2,1-6H3/q-1. The second-order valence-electron chi connectivity index (χ2n) is 9.41. The van der Waals surface area contributed by atoms with Gasteiger partial charge in [0.25, 0.3) is 0 Å². The van der Waals surface area contributed by atoms with Crippen LogP contribution in [0.3, 0.4) is 0 Å². The number of nitrogens with zero attached hydrogens (tertiary/aromatic N) is 2. The van der Waals surface area contributed by atoms with E-state index in [2.05, 4.69) is 4.72 Å². The van der Waals surface area contributed by atoms with Crippen molar-refractivity contribution in [2.75, 3.05) is 19.0 Å². The highest BCUT2D eigenvalue weighted by molar-refractivity contribution is 7.89. The van der Waals surface area contributed by atoms with E-state index in [-0.39, 0.29) is 6.04 Å². The first-order valence-electron chi connectivity index (χ1n) is 11.8. The molecule has 2 aromatic carbocycles. The summed E-state index contributed by atoms with van der Waals surface area (Å²) in [6.07, 6.45) is 3.86. The summed E-state index contributed by atoms with van der Waals surface area (Å²) in [7, 11) is 0.138. The van der Waals surface area contributed by atoms with Gasteiger partial charge >= 0.3 is 0 Å². The number of hydrogen-bond donors (Lipinski definition) is 1. The van der Waals surface area contributed by atoms with Gasteiger partial charge in [-0.25, -0.2) is 13.1 Å². The molecule has 0 aromatic heterocycles. The van der Waals surface area contributed by atoms with Crippen LogP contribution in [-0.2, 0) is 10.0 Å². The Morgan fingerprint density at radius 1 is 0.938 bits per heavy atom. The van der Waals surface area contributed by atoms with Crippen molar-refractivity contribution >= 4 is 26.5 Å².